The van der Waals surface area contributed by atoms with Crippen LogP contribution in [0.2, 0.25) is 5.02 Å². The molecule has 0 saturated carbocycles. The number of quaternary nitrogens is 1. The highest BCUT2D eigenvalue weighted by Crippen LogP contribution is 2.21. The van der Waals surface area contributed by atoms with E-state index >= 15 is 0 Å². The van der Waals surface area contributed by atoms with Crippen LogP contribution in [0.1, 0.15) is 5.56 Å². The van der Waals surface area contributed by atoms with E-state index in [2.05, 4.69) is 29.2 Å². The van der Waals surface area contributed by atoms with Crippen molar-refractivity contribution in [1.29, 1.82) is 0 Å². The van der Waals surface area contributed by atoms with Crippen molar-refractivity contribution < 1.29 is 9.82 Å². The normalized spacial score (nSPS) is 15.6. The number of para-hydroxylation sites is 1. The van der Waals surface area contributed by atoms with Crippen molar-refractivity contribution in [2.45, 2.75) is 6.54 Å². The highest BCUT2D eigenvalue weighted by molar-refractivity contribution is 6.31. The van der Waals surface area contributed by atoms with Gasteiger partial charge in [-0.25, -0.2) is 0 Å². The second-order valence-corrected chi connectivity index (χ2v) is 6.19. The third-order valence-electron chi connectivity index (χ3n) is 4.27. The van der Waals surface area contributed by atoms with E-state index in [0.717, 1.165) is 38.3 Å². The first-order chi connectivity index (χ1) is 11.1. The molecule has 1 aliphatic rings. The topological polar surface area (TPSA) is 50.8 Å². The third-order valence-corrected chi connectivity index (χ3v) is 4.64. The van der Waals surface area contributed by atoms with Gasteiger partial charge in [0.05, 0.1) is 31.1 Å². The standard InChI is InChI=1S/C17H18ClN3O2/c18-17-7-6-16(21(22)23)12-14(17)13-19-8-10-20(11-9-19)15-4-2-1-3-5-15/h1-7,12H,8-11,13H2/p+1. The fourth-order valence-corrected chi connectivity index (χ4v) is 3.16. The number of hydrogen-bond acceptors (Lipinski definition) is 3. The molecule has 0 bridgehead atoms. The third kappa shape index (κ3) is 3.81. The van der Waals surface area contributed by atoms with Crippen molar-refractivity contribution in [2.75, 3.05) is 31.1 Å². The Morgan fingerprint density at radius 3 is 2.48 bits per heavy atom. The highest BCUT2D eigenvalue weighted by Gasteiger charge is 2.22. The lowest BCUT2D eigenvalue weighted by Crippen LogP contribution is -3.13. The molecule has 3 rings (SSSR count). The monoisotopic (exact) mass is 332 g/mol. The lowest BCUT2D eigenvalue weighted by Gasteiger charge is -2.33. The Hall–Kier alpha value is -2.11. The van der Waals surface area contributed by atoms with Gasteiger partial charge in [0.1, 0.15) is 6.54 Å². The van der Waals surface area contributed by atoms with Gasteiger partial charge in [-0.2, -0.15) is 0 Å². The molecule has 0 spiro atoms. The zero-order valence-electron chi connectivity index (χ0n) is 12.7. The number of nitro groups is 1. The average molecular weight is 333 g/mol. The van der Waals surface area contributed by atoms with Crippen molar-refractivity contribution >= 4 is 23.0 Å². The number of nitrogens with zero attached hydrogens (tertiary/aromatic N) is 2. The summed E-state index contributed by atoms with van der Waals surface area (Å²) in [6, 6.07) is 15.1. The Morgan fingerprint density at radius 1 is 1.13 bits per heavy atom. The van der Waals surface area contributed by atoms with Crippen LogP contribution in [0.3, 0.4) is 0 Å². The predicted molar refractivity (Wildman–Crippen MR) is 91.2 cm³/mol. The Balaban J connectivity index is 1.63. The van der Waals surface area contributed by atoms with Crippen LogP contribution in [0, 0.1) is 10.1 Å². The van der Waals surface area contributed by atoms with Gasteiger partial charge < -0.3 is 9.80 Å². The van der Waals surface area contributed by atoms with E-state index in [9.17, 15) is 10.1 Å². The quantitative estimate of drug-likeness (QED) is 0.689. The smallest absolute Gasteiger partial charge is 0.270 e. The van der Waals surface area contributed by atoms with Gasteiger partial charge in [-0.15, -0.1) is 0 Å². The van der Waals surface area contributed by atoms with Crippen LogP contribution < -0.4 is 9.80 Å². The summed E-state index contributed by atoms with van der Waals surface area (Å²) in [5.74, 6) is 0. The molecule has 0 aliphatic carbocycles. The number of nitro benzene ring substituents is 1. The van der Waals surface area contributed by atoms with Crippen LogP contribution in [0.15, 0.2) is 48.5 Å². The zero-order valence-corrected chi connectivity index (χ0v) is 13.5. The van der Waals surface area contributed by atoms with Crippen molar-refractivity contribution in [3.05, 3.63) is 69.2 Å². The number of benzene rings is 2. The Bertz CT molecular complexity index is 685. The number of rotatable bonds is 4. The SMILES string of the molecule is O=[N+]([O-])c1ccc(Cl)c(C[NH+]2CCN(c3ccccc3)CC2)c1. The number of hydrogen-bond donors (Lipinski definition) is 1. The molecule has 1 N–H and O–H groups in total. The molecule has 6 heteroatoms. The van der Waals surface area contributed by atoms with Gasteiger partial charge in [-0.1, -0.05) is 29.8 Å². The second kappa shape index (κ2) is 6.98. The van der Waals surface area contributed by atoms with Crippen molar-refractivity contribution in [3.8, 4) is 0 Å². The van der Waals surface area contributed by atoms with Crippen molar-refractivity contribution in [3.63, 3.8) is 0 Å². The molecular formula is C17H19ClN3O2+. The molecule has 1 fully saturated rings. The van der Waals surface area contributed by atoms with Gasteiger partial charge in [0.25, 0.3) is 5.69 Å². The Labute approximate surface area is 140 Å². The maximum absolute atomic E-state index is 10.9. The Kier molecular flexibility index (Phi) is 4.79. The summed E-state index contributed by atoms with van der Waals surface area (Å²) in [5, 5.41) is 11.5. The molecule has 0 unspecified atom stereocenters. The van der Waals surface area contributed by atoms with Gasteiger partial charge in [0.2, 0.25) is 0 Å². The molecule has 1 aliphatic heterocycles. The highest BCUT2D eigenvalue weighted by atomic mass is 35.5. The fraction of sp³-hybridized carbons (Fsp3) is 0.294. The van der Waals surface area contributed by atoms with Crippen LogP contribution >= 0.6 is 11.6 Å². The van der Waals surface area contributed by atoms with Crippen LogP contribution in [0.5, 0.6) is 0 Å². The molecule has 23 heavy (non-hydrogen) atoms. The lowest BCUT2D eigenvalue weighted by molar-refractivity contribution is -0.914. The molecular weight excluding hydrogens is 314 g/mol. The van der Waals surface area contributed by atoms with E-state index in [1.54, 1.807) is 12.1 Å². The zero-order chi connectivity index (χ0) is 16.2. The number of anilines is 1. The summed E-state index contributed by atoms with van der Waals surface area (Å²) in [7, 11) is 0. The molecule has 120 valence electrons. The first-order valence-electron chi connectivity index (χ1n) is 7.70. The van der Waals surface area contributed by atoms with Gasteiger partial charge in [-0.3, -0.25) is 10.1 Å². The van der Waals surface area contributed by atoms with E-state index < -0.39 is 0 Å². The van der Waals surface area contributed by atoms with E-state index in [0.29, 0.717) is 5.02 Å². The lowest BCUT2D eigenvalue weighted by atomic mass is 10.1. The predicted octanol–water partition coefficient (Wildman–Crippen LogP) is 2.15. The number of nitrogens with one attached hydrogen (secondary N) is 1. The summed E-state index contributed by atoms with van der Waals surface area (Å²) in [4.78, 5) is 14.3. The van der Waals surface area contributed by atoms with Gasteiger partial charge in [0, 0.05) is 28.4 Å². The minimum absolute atomic E-state index is 0.103. The maximum atomic E-state index is 10.9. The minimum atomic E-state index is -0.373. The first-order valence-corrected chi connectivity index (χ1v) is 8.07. The van der Waals surface area contributed by atoms with Crippen molar-refractivity contribution in [2.24, 2.45) is 0 Å². The summed E-state index contributed by atoms with van der Waals surface area (Å²) in [6.45, 7) is 4.67. The van der Waals surface area contributed by atoms with Crippen LogP contribution in [0.25, 0.3) is 0 Å². The van der Waals surface area contributed by atoms with Crippen LogP contribution in [0.4, 0.5) is 11.4 Å². The summed E-state index contributed by atoms with van der Waals surface area (Å²) in [6.07, 6.45) is 0. The number of halogens is 1. The number of piperazine rings is 1. The molecule has 1 saturated heterocycles. The van der Waals surface area contributed by atoms with Gasteiger partial charge >= 0.3 is 0 Å². The van der Waals surface area contributed by atoms with Gasteiger partial charge in [-0.05, 0) is 18.2 Å². The summed E-state index contributed by atoms with van der Waals surface area (Å²) in [5.41, 5.74) is 2.20. The molecule has 0 atom stereocenters. The number of non-ortho nitro benzene ring substituents is 1. The van der Waals surface area contributed by atoms with Crippen LogP contribution in [-0.2, 0) is 6.54 Å². The molecule has 1 heterocycles. The fourth-order valence-electron chi connectivity index (χ4n) is 2.98. The second-order valence-electron chi connectivity index (χ2n) is 5.78. The first kappa shape index (κ1) is 15.8. The van der Waals surface area contributed by atoms with Gasteiger partial charge in [0.15, 0.2) is 0 Å². The summed E-state index contributed by atoms with van der Waals surface area (Å²) < 4.78 is 0. The minimum Gasteiger partial charge on any atom is -0.360 e. The molecule has 5 nitrogen and oxygen atoms in total. The van der Waals surface area contributed by atoms with E-state index in [1.165, 1.54) is 16.7 Å². The van der Waals surface area contributed by atoms with Crippen molar-refractivity contribution in [1.82, 2.24) is 0 Å². The Morgan fingerprint density at radius 2 is 1.83 bits per heavy atom. The van der Waals surface area contributed by atoms with Crippen LogP contribution in [-0.4, -0.2) is 31.1 Å². The largest absolute Gasteiger partial charge is 0.360 e. The summed E-state index contributed by atoms with van der Waals surface area (Å²) >= 11 is 6.20. The average Bonchev–Trinajstić information content (AvgIpc) is 2.58. The molecule has 2 aromatic rings. The molecule has 0 radical (unpaired) electrons. The maximum Gasteiger partial charge on any atom is 0.270 e. The van der Waals surface area contributed by atoms with E-state index in [1.807, 2.05) is 6.07 Å². The van der Waals surface area contributed by atoms with E-state index in [4.69, 9.17) is 11.6 Å². The molecule has 2 aromatic carbocycles. The molecule has 0 amide bonds. The molecule has 0 aromatic heterocycles. The van der Waals surface area contributed by atoms with E-state index in [-0.39, 0.29) is 10.6 Å².